The maximum absolute atomic E-state index is 12.7. The van der Waals surface area contributed by atoms with Gasteiger partial charge in [-0.2, -0.15) is 10.5 Å². The van der Waals surface area contributed by atoms with Crippen LogP contribution >= 0.6 is 0 Å². The first-order valence-electron chi connectivity index (χ1n) is 7.40. The van der Waals surface area contributed by atoms with E-state index in [0.29, 0.717) is 33.5 Å². The molecule has 2 aromatic carbocycles. The van der Waals surface area contributed by atoms with E-state index in [0.717, 1.165) is 0 Å². The fourth-order valence-corrected chi connectivity index (χ4v) is 2.49. The molecule has 4 rings (SSSR count). The quantitative estimate of drug-likeness (QED) is 0.473. The van der Waals surface area contributed by atoms with Crippen LogP contribution in [0.1, 0.15) is 16.1 Å². The molecule has 0 atom stereocenters. The highest BCUT2D eigenvalue weighted by Gasteiger charge is 2.19. The molecule has 4 aromatic rings. The third-order valence-corrected chi connectivity index (χ3v) is 3.69. The number of amides is 1. The number of aromatic amines is 1. The standard InChI is InChI=1S/C16H10N8O2/c17-7-8-1-3-12(10(5-8)15-20-23-24-21-15)19-16(25)14-11-6-9(18)2-4-13(11)26-22-14/h1-6H,18H2,(H,19,25)(H,20,21,23,24). The number of tetrazole rings is 1. The second kappa shape index (κ2) is 5.99. The number of nitrogens with one attached hydrogen (secondary N) is 2. The molecule has 10 nitrogen and oxygen atoms in total. The van der Waals surface area contributed by atoms with Gasteiger partial charge in [-0.3, -0.25) is 4.79 Å². The summed E-state index contributed by atoms with van der Waals surface area (Å²) in [5, 5.41) is 29.8. The second-order valence-corrected chi connectivity index (χ2v) is 5.35. The summed E-state index contributed by atoms with van der Waals surface area (Å²) >= 11 is 0. The number of hydrogen-bond acceptors (Lipinski definition) is 8. The molecule has 0 aliphatic carbocycles. The van der Waals surface area contributed by atoms with Crippen molar-refractivity contribution in [2.75, 3.05) is 11.1 Å². The molecule has 26 heavy (non-hydrogen) atoms. The van der Waals surface area contributed by atoms with E-state index in [9.17, 15) is 4.79 Å². The molecule has 0 bridgehead atoms. The molecule has 4 N–H and O–H groups in total. The molecule has 2 heterocycles. The van der Waals surface area contributed by atoms with Crippen LogP contribution in [0, 0.1) is 11.3 Å². The molecule has 0 spiro atoms. The molecule has 2 aromatic heterocycles. The number of carbonyl (C=O) groups is 1. The molecule has 0 saturated heterocycles. The number of hydrogen-bond donors (Lipinski definition) is 3. The average Bonchev–Trinajstić information content (AvgIpc) is 3.31. The molecule has 126 valence electrons. The Morgan fingerprint density at radius 2 is 2.15 bits per heavy atom. The lowest BCUT2D eigenvalue weighted by molar-refractivity contribution is 0.102. The zero-order valence-corrected chi connectivity index (χ0v) is 13.1. The first-order chi connectivity index (χ1) is 12.7. The minimum atomic E-state index is -0.496. The summed E-state index contributed by atoms with van der Waals surface area (Å²) in [5.74, 6) is -0.254. The van der Waals surface area contributed by atoms with Gasteiger partial charge in [0.25, 0.3) is 5.91 Å². The summed E-state index contributed by atoms with van der Waals surface area (Å²) in [5.41, 5.74) is 8.03. The fraction of sp³-hybridized carbons (Fsp3) is 0. The Balaban J connectivity index is 1.74. The minimum Gasteiger partial charge on any atom is -0.399 e. The van der Waals surface area contributed by atoms with E-state index in [-0.39, 0.29) is 11.5 Å². The van der Waals surface area contributed by atoms with Crippen LogP contribution < -0.4 is 11.1 Å². The summed E-state index contributed by atoms with van der Waals surface area (Å²) in [6.45, 7) is 0. The first-order valence-corrected chi connectivity index (χ1v) is 7.40. The van der Waals surface area contributed by atoms with Crippen LogP contribution in [0.2, 0.25) is 0 Å². The molecule has 0 unspecified atom stereocenters. The van der Waals surface area contributed by atoms with Crippen molar-refractivity contribution in [1.29, 1.82) is 5.26 Å². The maximum atomic E-state index is 12.7. The van der Waals surface area contributed by atoms with Crippen LogP contribution in [0.25, 0.3) is 22.4 Å². The van der Waals surface area contributed by atoms with Gasteiger partial charge in [0, 0.05) is 11.3 Å². The van der Waals surface area contributed by atoms with Crippen molar-refractivity contribution < 1.29 is 9.32 Å². The number of nitriles is 1. The number of rotatable bonds is 3. The monoisotopic (exact) mass is 346 g/mol. The number of H-pyrrole nitrogens is 1. The predicted molar refractivity (Wildman–Crippen MR) is 90.7 cm³/mol. The van der Waals surface area contributed by atoms with Crippen LogP contribution in [-0.4, -0.2) is 31.7 Å². The number of nitrogens with zero attached hydrogens (tertiary/aromatic N) is 5. The number of anilines is 2. The molecular weight excluding hydrogens is 336 g/mol. The van der Waals surface area contributed by atoms with E-state index in [1.807, 2.05) is 6.07 Å². The number of carbonyl (C=O) groups excluding carboxylic acids is 1. The Bertz CT molecular complexity index is 1160. The van der Waals surface area contributed by atoms with Gasteiger partial charge in [-0.1, -0.05) is 5.16 Å². The van der Waals surface area contributed by atoms with Gasteiger partial charge in [-0.15, -0.1) is 10.2 Å². The van der Waals surface area contributed by atoms with Crippen LogP contribution in [0.5, 0.6) is 0 Å². The van der Waals surface area contributed by atoms with Gasteiger partial charge in [0.1, 0.15) is 0 Å². The highest BCUT2D eigenvalue weighted by Crippen LogP contribution is 2.27. The number of nitrogen functional groups attached to an aromatic ring is 1. The third kappa shape index (κ3) is 2.59. The molecular formula is C16H10N8O2. The Hall–Kier alpha value is -4.26. The van der Waals surface area contributed by atoms with E-state index in [2.05, 4.69) is 31.1 Å². The zero-order chi connectivity index (χ0) is 18.1. The number of benzene rings is 2. The van der Waals surface area contributed by atoms with Crippen LogP contribution in [-0.2, 0) is 0 Å². The van der Waals surface area contributed by atoms with Crippen molar-refractivity contribution in [3.05, 3.63) is 47.7 Å². The van der Waals surface area contributed by atoms with Crippen LogP contribution in [0.15, 0.2) is 40.9 Å². The van der Waals surface area contributed by atoms with Gasteiger partial charge in [0.15, 0.2) is 11.3 Å². The van der Waals surface area contributed by atoms with Gasteiger partial charge in [-0.25, -0.2) is 0 Å². The summed E-state index contributed by atoms with van der Waals surface area (Å²) in [7, 11) is 0. The fourth-order valence-electron chi connectivity index (χ4n) is 2.49. The SMILES string of the molecule is N#Cc1ccc(NC(=O)c2noc3ccc(N)cc23)c(-c2nn[nH]n2)c1. The van der Waals surface area contributed by atoms with Gasteiger partial charge >= 0.3 is 0 Å². The minimum absolute atomic E-state index is 0.0933. The van der Waals surface area contributed by atoms with E-state index < -0.39 is 5.91 Å². The molecule has 0 radical (unpaired) electrons. The molecule has 0 aliphatic rings. The molecule has 0 aliphatic heterocycles. The Morgan fingerprint density at radius 3 is 2.92 bits per heavy atom. The molecule has 1 amide bonds. The Labute approximate surface area is 145 Å². The first kappa shape index (κ1) is 15.3. The normalized spacial score (nSPS) is 10.6. The zero-order valence-electron chi connectivity index (χ0n) is 13.1. The number of nitrogens with two attached hydrogens (primary N) is 1. The third-order valence-electron chi connectivity index (χ3n) is 3.69. The lowest BCUT2D eigenvalue weighted by Crippen LogP contribution is -2.13. The Kier molecular flexibility index (Phi) is 3.52. The summed E-state index contributed by atoms with van der Waals surface area (Å²) in [6, 6.07) is 11.6. The maximum Gasteiger partial charge on any atom is 0.278 e. The lowest BCUT2D eigenvalue weighted by atomic mass is 10.1. The predicted octanol–water partition coefficient (Wildman–Crippen LogP) is 1.71. The highest BCUT2D eigenvalue weighted by molar-refractivity contribution is 6.12. The van der Waals surface area contributed by atoms with Crippen molar-refractivity contribution in [2.45, 2.75) is 0 Å². The van der Waals surface area contributed by atoms with Crippen LogP contribution in [0.3, 0.4) is 0 Å². The number of aromatic nitrogens is 5. The smallest absolute Gasteiger partial charge is 0.278 e. The number of fused-ring (bicyclic) bond motifs is 1. The van der Waals surface area contributed by atoms with E-state index in [1.54, 1.807) is 36.4 Å². The van der Waals surface area contributed by atoms with Gasteiger partial charge in [0.05, 0.1) is 22.7 Å². The topological polar surface area (TPSA) is 159 Å². The van der Waals surface area contributed by atoms with E-state index in [1.165, 1.54) is 0 Å². The largest absolute Gasteiger partial charge is 0.399 e. The summed E-state index contributed by atoms with van der Waals surface area (Å²) in [6.07, 6.45) is 0. The van der Waals surface area contributed by atoms with Gasteiger partial charge in [0.2, 0.25) is 5.82 Å². The molecule has 0 fully saturated rings. The Morgan fingerprint density at radius 1 is 1.27 bits per heavy atom. The highest BCUT2D eigenvalue weighted by atomic mass is 16.5. The van der Waals surface area contributed by atoms with Crippen molar-refractivity contribution in [1.82, 2.24) is 25.8 Å². The van der Waals surface area contributed by atoms with Crippen LogP contribution in [0.4, 0.5) is 11.4 Å². The lowest BCUT2D eigenvalue weighted by Gasteiger charge is -2.08. The summed E-state index contributed by atoms with van der Waals surface area (Å²) in [4.78, 5) is 12.7. The van der Waals surface area contributed by atoms with Gasteiger partial charge in [-0.05, 0) is 41.6 Å². The van der Waals surface area contributed by atoms with E-state index >= 15 is 0 Å². The average molecular weight is 346 g/mol. The van der Waals surface area contributed by atoms with Crippen molar-refractivity contribution in [3.63, 3.8) is 0 Å². The van der Waals surface area contributed by atoms with Crippen molar-refractivity contribution >= 4 is 28.3 Å². The molecule has 0 saturated carbocycles. The summed E-state index contributed by atoms with van der Waals surface area (Å²) < 4.78 is 5.15. The van der Waals surface area contributed by atoms with Gasteiger partial charge < -0.3 is 15.6 Å². The molecule has 10 heteroatoms. The van der Waals surface area contributed by atoms with Crippen molar-refractivity contribution in [3.8, 4) is 17.5 Å². The van der Waals surface area contributed by atoms with Crippen molar-refractivity contribution in [2.24, 2.45) is 0 Å². The van der Waals surface area contributed by atoms with E-state index in [4.69, 9.17) is 15.5 Å². The second-order valence-electron chi connectivity index (χ2n) is 5.35.